The Morgan fingerprint density at radius 3 is 2.58 bits per heavy atom. The molecule has 1 amide bonds. The number of hydrogen-bond acceptors (Lipinski definition) is 4. The van der Waals surface area contributed by atoms with Crippen molar-refractivity contribution in [3.8, 4) is 0 Å². The van der Waals surface area contributed by atoms with E-state index in [1.165, 1.54) is 0 Å². The molecule has 2 rings (SSSR count). The third-order valence-electron chi connectivity index (χ3n) is 3.11. The monoisotopic (exact) mass is 283 g/mol. The molecule has 0 bridgehead atoms. The van der Waals surface area contributed by atoms with Gasteiger partial charge in [0.1, 0.15) is 0 Å². The van der Waals surface area contributed by atoms with Crippen LogP contribution in [0.15, 0.2) is 30.3 Å². The minimum absolute atomic E-state index is 0.0135. The summed E-state index contributed by atoms with van der Waals surface area (Å²) in [6.45, 7) is 0.688. The van der Waals surface area contributed by atoms with Crippen LogP contribution in [0.5, 0.6) is 0 Å². The van der Waals surface area contributed by atoms with Crippen molar-refractivity contribution in [3.05, 3.63) is 30.3 Å². The fourth-order valence-electron chi connectivity index (χ4n) is 2.14. The van der Waals surface area contributed by atoms with Gasteiger partial charge in [-0.15, -0.1) is 0 Å². The minimum Gasteiger partial charge on any atom is -0.312 e. The number of piperidine rings is 1. The van der Waals surface area contributed by atoms with Crippen LogP contribution in [0.25, 0.3) is 0 Å². The molecule has 6 heteroatoms. The van der Waals surface area contributed by atoms with Gasteiger partial charge in [0, 0.05) is 18.7 Å². The summed E-state index contributed by atoms with van der Waals surface area (Å²) in [5.41, 5.74) is 0.884. The lowest BCUT2D eigenvalue weighted by molar-refractivity contribution is -0.121. The second-order valence-corrected chi connectivity index (χ2v) is 6.37. The Bertz CT molecular complexity index is 541. The van der Waals surface area contributed by atoms with Crippen molar-refractivity contribution < 1.29 is 17.4 Å². The second kappa shape index (κ2) is 5.71. The Hall–Kier alpha value is -1.40. The van der Waals surface area contributed by atoms with Crippen LogP contribution >= 0.6 is 0 Å². The van der Waals surface area contributed by atoms with E-state index in [0.29, 0.717) is 13.0 Å². The quantitative estimate of drug-likeness (QED) is 0.784. The van der Waals surface area contributed by atoms with Gasteiger partial charge in [0.2, 0.25) is 5.91 Å². The van der Waals surface area contributed by atoms with Crippen LogP contribution in [0, 0.1) is 5.92 Å². The Morgan fingerprint density at radius 2 is 2.00 bits per heavy atom. The third kappa shape index (κ3) is 4.04. The fraction of sp³-hybridized carbons (Fsp3) is 0.462. The highest BCUT2D eigenvalue weighted by Gasteiger charge is 2.27. The molecule has 0 radical (unpaired) electrons. The first-order valence-corrected chi connectivity index (χ1v) is 7.97. The van der Waals surface area contributed by atoms with Crippen LogP contribution in [-0.2, 0) is 19.1 Å². The molecule has 5 nitrogen and oxygen atoms in total. The van der Waals surface area contributed by atoms with E-state index >= 15 is 0 Å². The normalized spacial score (nSPS) is 20.6. The van der Waals surface area contributed by atoms with Gasteiger partial charge in [0.25, 0.3) is 10.1 Å². The molecule has 1 aromatic carbocycles. The Morgan fingerprint density at radius 1 is 1.32 bits per heavy atom. The average Bonchev–Trinajstić information content (AvgIpc) is 2.37. The molecule has 0 saturated carbocycles. The van der Waals surface area contributed by atoms with E-state index in [-0.39, 0.29) is 18.4 Å². The minimum atomic E-state index is -3.43. The molecule has 19 heavy (non-hydrogen) atoms. The molecule has 0 N–H and O–H groups in total. The highest BCUT2D eigenvalue weighted by Crippen LogP contribution is 2.24. The molecule has 1 aliphatic heterocycles. The van der Waals surface area contributed by atoms with Crippen molar-refractivity contribution >= 4 is 21.7 Å². The molecule has 0 spiro atoms. The first kappa shape index (κ1) is 14.0. The Kier molecular flexibility index (Phi) is 4.21. The van der Waals surface area contributed by atoms with Crippen molar-refractivity contribution in [1.29, 1.82) is 0 Å². The molecule has 1 aliphatic rings. The topological polar surface area (TPSA) is 63.7 Å². The molecule has 0 aromatic heterocycles. The Balaban J connectivity index is 1.94. The van der Waals surface area contributed by atoms with Gasteiger partial charge in [0.05, 0.1) is 12.9 Å². The third-order valence-corrected chi connectivity index (χ3v) is 3.68. The molecular weight excluding hydrogens is 266 g/mol. The molecule has 0 aliphatic carbocycles. The van der Waals surface area contributed by atoms with Gasteiger partial charge in [0.15, 0.2) is 0 Å². The number of nitrogens with zero attached hydrogens (tertiary/aromatic N) is 1. The fourth-order valence-corrected chi connectivity index (χ4v) is 2.58. The van der Waals surface area contributed by atoms with E-state index in [1.807, 2.05) is 30.3 Å². The molecule has 104 valence electrons. The van der Waals surface area contributed by atoms with E-state index in [0.717, 1.165) is 18.4 Å². The van der Waals surface area contributed by atoms with Crippen LogP contribution in [-0.4, -0.2) is 33.7 Å². The lowest BCUT2D eigenvalue weighted by atomic mass is 9.97. The summed E-state index contributed by atoms with van der Waals surface area (Å²) < 4.78 is 26.6. The SMILES string of the molecule is CS(=O)(=O)OC[C@@H]1CCN(c2ccccc2)C(=O)C1. The van der Waals surface area contributed by atoms with E-state index in [4.69, 9.17) is 4.18 Å². The average molecular weight is 283 g/mol. The first-order valence-electron chi connectivity index (χ1n) is 6.15. The number of hydrogen-bond donors (Lipinski definition) is 0. The van der Waals surface area contributed by atoms with Gasteiger partial charge < -0.3 is 4.90 Å². The predicted molar refractivity (Wildman–Crippen MR) is 72.3 cm³/mol. The molecule has 1 fully saturated rings. The summed E-state index contributed by atoms with van der Waals surface area (Å²) in [5.74, 6) is -0.0123. The van der Waals surface area contributed by atoms with Gasteiger partial charge in [-0.25, -0.2) is 0 Å². The maximum absolute atomic E-state index is 12.1. The number of para-hydroxylation sites is 1. The molecule has 1 heterocycles. The summed E-state index contributed by atoms with van der Waals surface area (Å²) >= 11 is 0. The number of carbonyl (C=O) groups is 1. The highest BCUT2D eigenvalue weighted by molar-refractivity contribution is 7.85. The van der Waals surface area contributed by atoms with E-state index < -0.39 is 10.1 Å². The lowest BCUT2D eigenvalue weighted by Gasteiger charge is -2.31. The summed E-state index contributed by atoms with van der Waals surface area (Å²) in [6.07, 6.45) is 2.09. The largest absolute Gasteiger partial charge is 0.312 e. The number of rotatable bonds is 4. The van der Waals surface area contributed by atoms with Gasteiger partial charge in [-0.3, -0.25) is 8.98 Å². The number of anilines is 1. The van der Waals surface area contributed by atoms with Crippen LogP contribution < -0.4 is 4.90 Å². The van der Waals surface area contributed by atoms with Crippen LogP contribution in [0.4, 0.5) is 5.69 Å². The summed E-state index contributed by atoms with van der Waals surface area (Å²) in [6, 6.07) is 9.47. The molecule has 1 atom stereocenters. The van der Waals surface area contributed by atoms with Gasteiger partial charge in [-0.2, -0.15) is 8.42 Å². The number of amides is 1. The van der Waals surface area contributed by atoms with Crippen LogP contribution in [0.3, 0.4) is 0 Å². The zero-order valence-electron chi connectivity index (χ0n) is 10.8. The first-order chi connectivity index (χ1) is 8.96. The predicted octanol–water partition coefficient (Wildman–Crippen LogP) is 1.41. The molecule has 0 unspecified atom stereocenters. The van der Waals surface area contributed by atoms with Crippen molar-refractivity contribution in [2.24, 2.45) is 5.92 Å². The second-order valence-electron chi connectivity index (χ2n) is 4.73. The number of carbonyl (C=O) groups excluding carboxylic acids is 1. The standard InChI is InChI=1S/C13H17NO4S/c1-19(16,17)18-10-11-7-8-14(13(15)9-11)12-5-3-2-4-6-12/h2-6,11H,7-10H2,1H3/t11-/m1/s1. The summed E-state index contributed by atoms with van der Waals surface area (Å²) in [4.78, 5) is 13.8. The lowest BCUT2D eigenvalue weighted by Crippen LogP contribution is -2.40. The van der Waals surface area contributed by atoms with E-state index in [9.17, 15) is 13.2 Å². The zero-order valence-corrected chi connectivity index (χ0v) is 11.6. The van der Waals surface area contributed by atoms with Gasteiger partial charge in [-0.1, -0.05) is 18.2 Å². The number of benzene rings is 1. The molecular formula is C13H17NO4S. The summed E-state index contributed by atoms with van der Waals surface area (Å²) in [7, 11) is -3.43. The maximum Gasteiger partial charge on any atom is 0.264 e. The summed E-state index contributed by atoms with van der Waals surface area (Å²) in [5, 5.41) is 0. The maximum atomic E-state index is 12.1. The van der Waals surface area contributed by atoms with Crippen molar-refractivity contribution in [2.75, 3.05) is 24.3 Å². The zero-order chi connectivity index (χ0) is 13.9. The molecule has 1 saturated heterocycles. The molecule has 1 aromatic rings. The van der Waals surface area contributed by atoms with E-state index in [1.54, 1.807) is 4.90 Å². The van der Waals surface area contributed by atoms with Gasteiger partial charge >= 0.3 is 0 Å². The Labute approximate surface area is 113 Å². The van der Waals surface area contributed by atoms with Crippen molar-refractivity contribution in [2.45, 2.75) is 12.8 Å². The van der Waals surface area contributed by atoms with Crippen molar-refractivity contribution in [1.82, 2.24) is 0 Å². The van der Waals surface area contributed by atoms with Crippen LogP contribution in [0.1, 0.15) is 12.8 Å². The van der Waals surface area contributed by atoms with Gasteiger partial charge in [-0.05, 0) is 24.5 Å². The van der Waals surface area contributed by atoms with Crippen molar-refractivity contribution in [3.63, 3.8) is 0 Å². The van der Waals surface area contributed by atoms with Crippen LogP contribution in [0.2, 0.25) is 0 Å². The smallest absolute Gasteiger partial charge is 0.264 e. The van der Waals surface area contributed by atoms with E-state index in [2.05, 4.69) is 0 Å². The highest BCUT2D eigenvalue weighted by atomic mass is 32.2.